The molecule has 0 saturated heterocycles. The van der Waals surface area contributed by atoms with Gasteiger partial charge in [0, 0.05) is 6.54 Å². The summed E-state index contributed by atoms with van der Waals surface area (Å²) in [6.45, 7) is 8.04. The topological polar surface area (TPSA) is 89.7 Å². The molecule has 2 aromatic rings. The second kappa shape index (κ2) is 7.74. The van der Waals surface area contributed by atoms with Gasteiger partial charge >= 0.3 is 5.97 Å². The molecule has 0 saturated carbocycles. The fourth-order valence-corrected chi connectivity index (χ4v) is 3.19. The van der Waals surface area contributed by atoms with Gasteiger partial charge in [0.15, 0.2) is 11.5 Å². The average molecular weight is 360 g/mol. The van der Waals surface area contributed by atoms with Crippen LogP contribution in [0.4, 0.5) is 0 Å². The van der Waals surface area contributed by atoms with E-state index in [2.05, 4.69) is 10.2 Å². The minimum Gasteiger partial charge on any atom is -0.490 e. The molecule has 0 radical (unpaired) electrons. The molecule has 3 rings (SSSR count). The molecule has 1 aliphatic heterocycles. The number of carboxylic acid groups (broad SMARTS) is 1. The minimum atomic E-state index is -0.847. The zero-order valence-corrected chi connectivity index (χ0v) is 15.3. The highest BCUT2D eigenvalue weighted by atomic mass is 16.5. The number of carboxylic acids is 1. The van der Waals surface area contributed by atoms with Crippen LogP contribution in [0.2, 0.25) is 0 Å². The molecule has 0 aliphatic carbocycles. The largest absolute Gasteiger partial charge is 0.490 e. The summed E-state index contributed by atoms with van der Waals surface area (Å²) in [4.78, 5) is 13.7. The van der Waals surface area contributed by atoms with Gasteiger partial charge in [-0.3, -0.25) is 9.69 Å². The Kier molecular flexibility index (Phi) is 5.41. The number of hydrogen-bond acceptors (Lipinski definition) is 6. The second-order valence-corrected chi connectivity index (χ2v) is 6.18. The fourth-order valence-electron chi connectivity index (χ4n) is 3.19. The van der Waals surface area contributed by atoms with Crippen molar-refractivity contribution < 1.29 is 19.4 Å². The van der Waals surface area contributed by atoms with E-state index in [-0.39, 0.29) is 0 Å². The first kappa shape index (κ1) is 18.2. The Labute approximate surface area is 152 Å². The van der Waals surface area contributed by atoms with Crippen molar-refractivity contribution in [2.75, 3.05) is 13.2 Å². The van der Waals surface area contributed by atoms with E-state index in [9.17, 15) is 9.90 Å². The Morgan fingerprint density at radius 3 is 2.65 bits per heavy atom. The van der Waals surface area contributed by atoms with Gasteiger partial charge in [0.1, 0.15) is 17.7 Å². The van der Waals surface area contributed by atoms with Crippen LogP contribution in [0.5, 0.6) is 11.5 Å². The van der Waals surface area contributed by atoms with E-state index in [1.165, 1.54) is 0 Å². The van der Waals surface area contributed by atoms with Crippen LogP contribution in [0.3, 0.4) is 0 Å². The summed E-state index contributed by atoms with van der Waals surface area (Å²) in [6.07, 6.45) is 0. The van der Waals surface area contributed by atoms with Crippen LogP contribution >= 0.6 is 0 Å². The first-order chi connectivity index (χ1) is 12.5. The number of aromatic nitrogens is 3. The lowest BCUT2D eigenvalue weighted by Crippen LogP contribution is -2.47. The maximum Gasteiger partial charge on any atom is 0.322 e. The lowest BCUT2D eigenvalue weighted by atomic mass is 10.1. The third-order valence-electron chi connectivity index (χ3n) is 4.43. The Hall–Kier alpha value is -2.61. The van der Waals surface area contributed by atoms with Crippen LogP contribution in [0, 0.1) is 6.92 Å². The van der Waals surface area contributed by atoms with E-state index in [4.69, 9.17) is 9.47 Å². The summed E-state index contributed by atoms with van der Waals surface area (Å²) in [5.74, 6) is 2.05. The normalized spacial score (nSPS) is 17.0. The van der Waals surface area contributed by atoms with Crippen LogP contribution in [0.15, 0.2) is 18.2 Å². The van der Waals surface area contributed by atoms with Crippen molar-refractivity contribution in [3.05, 3.63) is 35.4 Å². The van der Waals surface area contributed by atoms with Gasteiger partial charge in [0.2, 0.25) is 0 Å². The summed E-state index contributed by atoms with van der Waals surface area (Å²) in [6, 6.07) is 5.10. The first-order valence-electron chi connectivity index (χ1n) is 8.77. The number of rotatable bonds is 7. The average Bonchev–Trinajstić information content (AvgIpc) is 2.97. The highest BCUT2D eigenvalue weighted by Crippen LogP contribution is 2.30. The summed E-state index contributed by atoms with van der Waals surface area (Å²) < 4.78 is 13.1. The Bertz CT molecular complexity index is 789. The van der Waals surface area contributed by atoms with Crippen molar-refractivity contribution in [3.63, 3.8) is 0 Å². The van der Waals surface area contributed by atoms with Crippen molar-refractivity contribution in [3.8, 4) is 11.5 Å². The molecule has 1 atom stereocenters. The summed E-state index contributed by atoms with van der Waals surface area (Å²) in [5, 5.41) is 17.9. The zero-order chi connectivity index (χ0) is 18.7. The van der Waals surface area contributed by atoms with Gasteiger partial charge in [-0.2, -0.15) is 0 Å². The maximum atomic E-state index is 11.8. The molecule has 1 N–H and O–H groups in total. The Morgan fingerprint density at radius 2 is 1.96 bits per heavy atom. The third-order valence-corrected chi connectivity index (χ3v) is 4.43. The van der Waals surface area contributed by atoms with Gasteiger partial charge in [0.25, 0.3) is 0 Å². The van der Waals surface area contributed by atoms with E-state index < -0.39 is 12.0 Å². The molecular formula is C18H24N4O4. The monoisotopic (exact) mass is 360 g/mol. The van der Waals surface area contributed by atoms with Crippen molar-refractivity contribution >= 4 is 5.97 Å². The summed E-state index contributed by atoms with van der Waals surface area (Å²) in [7, 11) is 0. The lowest BCUT2D eigenvalue weighted by molar-refractivity contribution is -0.145. The van der Waals surface area contributed by atoms with Crippen molar-refractivity contribution in [1.29, 1.82) is 0 Å². The molecular weight excluding hydrogens is 336 g/mol. The molecule has 1 aliphatic rings. The highest BCUT2D eigenvalue weighted by molar-refractivity contribution is 5.73. The van der Waals surface area contributed by atoms with Gasteiger partial charge in [-0.25, -0.2) is 0 Å². The van der Waals surface area contributed by atoms with Crippen LogP contribution in [0.1, 0.15) is 31.1 Å². The molecule has 0 fully saturated rings. The smallest absolute Gasteiger partial charge is 0.322 e. The van der Waals surface area contributed by atoms with Crippen LogP contribution in [-0.4, -0.2) is 50.0 Å². The number of ether oxygens (including phenoxy) is 2. The fraction of sp³-hybridized carbons (Fsp3) is 0.500. The van der Waals surface area contributed by atoms with Crippen molar-refractivity contribution in [2.45, 2.75) is 46.4 Å². The molecule has 1 aromatic heterocycles. The van der Waals surface area contributed by atoms with Gasteiger partial charge in [-0.1, -0.05) is 6.07 Å². The molecule has 140 valence electrons. The quantitative estimate of drug-likeness (QED) is 0.806. The predicted octanol–water partition coefficient (Wildman–Crippen LogP) is 1.85. The Morgan fingerprint density at radius 1 is 1.23 bits per heavy atom. The lowest BCUT2D eigenvalue weighted by Gasteiger charge is -2.33. The molecule has 1 aromatic carbocycles. The van der Waals surface area contributed by atoms with Gasteiger partial charge in [0.05, 0.1) is 26.3 Å². The van der Waals surface area contributed by atoms with Crippen LogP contribution in [0.25, 0.3) is 0 Å². The highest BCUT2D eigenvalue weighted by Gasteiger charge is 2.33. The first-order valence-corrected chi connectivity index (χ1v) is 8.77. The molecule has 26 heavy (non-hydrogen) atoms. The van der Waals surface area contributed by atoms with E-state index in [1.54, 1.807) is 0 Å². The number of carbonyl (C=O) groups is 1. The van der Waals surface area contributed by atoms with Gasteiger partial charge in [-0.15, -0.1) is 10.2 Å². The van der Waals surface area contributed by atoms with Crippen molar-refractivity contribution in [1.82, 2.24) is 19.7 Å². The third kappa shape index (κ3) is 3.65. The molecule has 8 heteroatoms. The number of nitrogens with zero attached hydrogens (tertiary/aromatic N) is 4. The summed E-state index contributed by atoms with van der Waals surface area (Å²) in [5.41, 5.74) is 0.966. The number of aryl methyl sites for hydroxylation is 1. The van der Waals surface area contributed by atoms with Crippen LogP contribution in [-0.2, 0) is 24.4 Å². The zero-order valence-electron chi connectivity index (χ0n) is 15.3. The van der Waals surface area contributed by atoms with Crippen LogP contribution < -0.4 is 9.47 Å². The SMILES string of the molecule is CCOc1ccc(CN2Cc3nnc(C)n3CC2C(=O)O)cc1OCC. The van der Waals surface area contributed by atoms with E-state index >= 15 is 0 Å². The molecule has 0 bridgehead atoms. The number of fused-ring (bicyclic) bond motifs is 1. The molecule has 0 spiro atoms. The number of hydrogen-bond donors (Lipinski definition) is 1. The standard InChI is InChI=1S/C18H24N4O4/c1-4-25-15-7-6-13(8-16(15)26-5-2)9-21-11-17-20-19-12(3)22(17)10-14(21)18(23)24/h6-8,14H,4-5,9-11H2,1-3H3,(H,23,24). The molecule has 8 nitrogen and oxygen atoms in total. The van der Waals surface area contributed by atoms with Gasteiger partial charge in [-0.05, 0) is 38.5 Å². The van der Waals surface area contributed by atoms with Crippen molar-refractivity contribution in [2.24, 2.45) is 0 Å². The van der Waals surface area contributed by atoms with E-state index in [1.807, 2.05) is 48.4 Å². The van der Waals surface area contributed by atoms with E-state index in [0.29, 0.717) is 44.3 Å². The summed E-state index contributed by atoms with van der Waals surface area (Å²) >= 11 is 0. The van der Waals surface area contributed by atoms with E-state index in [0.717, 1.165) is 17.2 Å². The maximum absolute atomic E-state index is 11.8. The second-order valence-electron chi connectivity index (χ2n) is 6.18. The molecule has 2 heterocycles. The number of benzene rings is 1. The number of aliphatic carboxylic acids is 1. The Balaban J connectivity index is 1.84. The molecule has 0 amide bonds. The minimum absolute atomic E-state index is 0.346. The van der Waals surface area contributed by atoms with Gasteiger partial charge < -0.3 is 19.1 Å². The predicted molar refractivity (Wildman–Crippen MR) is 94.2 cm³/mol. The molecule has 1 unspecified atom stereocenters.